The molecule has 106 valence electrons. The van der Waals surface area contributed by atoms with Gasteiger partial charge in [0.1, 0.15) is 0 Å². The number of nitrogens with zero attached hydrogens (tertiary/aromatic N) is 1. The van der Waals surface area contributed by atoms with E-state index in [1.165, 1.54) is 24.1 Å². The van der Waals surface area contributed by atoms with Crippen molar-refractivity contribution in [3.05, 3.63) is 29.8 Å². The van der Waals surface area contributed by atoms with Crippen LogP contribution < -0.4 is 10.6 Å². The standard InChI is InChI=1S/C16H26N2O/c1-13(17)11-15-5-3-4-6-16(15)18(2)9-10-19-12-14-7-8-14/h3-6,13-14H,7-12,17H2,1-2H3. The monoisotopic (exact) mass is 262 g/mol. The van der Waals surface area contributed by atoms with Gasteiger partial charge in [-0.2, -0.15) is 0 Å². The van der Waals surface area contributed by atoms with Crippen molar-refractivity contribution >= 4 is 5.69 Å². The molecule has 1 aliphatic carbocycles. The fourth-order valence-electron chi connectivity index (χ4n) is 2.26. The van der Waals surface area contributed by atoms with Crippen molar-refractivity contribution in [3.63, 3.8) is 0 Å². The van der Waals surface area contributed by atoms with Crippen LogP contribution in [0.1, 0.15) is 25.3 Å². The van der Waals surface area contributed by atoms with Crippen molar-refractivity contribution in [1.82, 2.24) is 0 Å². The quantitative estimate of drug-likeness (QED) is 0.731. The summed E-state index contributed by atoms with van der Waals surface area (Å²) in [6, 6.07) is 8.69. The third-order valence-electron chi connectivity index (χ3n) is 3.57. The SMILES string of the molecule is CC(N)Cc1ccccc1N(C)CCOCC1CC1. The summed E-state index contributed by atoms with van der Waals surface area (Å²) in [5.41, 5.74) is 8.51. The highest BCUT2D eigenvalue weighted by atomic mass is 16.5. The second kappa shape index (κ2) is 6.92. The van der Waals surface area contributed by atoms with Gasteiger partial charge in [-0.3, -0.25) is 0 Å². The Hall–Kier alpha value is -1.06. The number of para-hydroxylation sites is 1. The average molecular weight is 262 g/mol. The fraction of sp³-hybridized carbons (Fsp3) is 0.625. The van der Waals surface area contributed by atoms with Crippen LogP contribution in [-0.2, 0) is 11.2 Å². The van der Waals surface area contributed by atoms with Crippen LogP contribution in [0.2, 0.25) is 0 Å². The Morgan fingerprint density at radius 3 is 2.79 bits per heavy atom. The van der Waals surface area contributed by atoms with Gasteiger partial charge in [-0.1, -0.05) is 18.2 Å². The summed E-state index contributed by atoms with van der Waals surface area (Å²) in [5, 5.41) is 0. The molecule has 3 heteroatoms. The maximum atomic E-state index is 5.91. The van der Waals surface area contributed by atoms with Crippen molar-refractivity contribution < 1.29 is 4.74 Å². The number of hydrogen-bond donors (Lipinski definition) is 1. The highest BCUT2D eigenvalue weighted by molar-refractivity contribution is 5.53. The first kappa shape index (κ1) is 14.4. The average Bonchev–Trinajstić information content (AvgIpc) is 3.18. The van der Waals surface area contributed by atoms with E-state index >= 15 is 0 Å². The van der Waals surface area contributed by atoms with Crippen molar-refractivity contribution in [2.45, 2.75) is 32.2 Å². The minimum absolute atomic E-state index is 0.195. The Bertz CT molecular complexity index is 388. The number of benzene rings is 1. The third-order valence-corrected chi connectivity index (χ3v) is 3.57. The second-order valence-corrected chi connectivity index (χ2v) is 5.75. The lowest BCUT2D eigenvalue weighted by molar-refractivity contribution is 0.131. The van der Waals surface area contributed by atoms with Crippen LogP contribution in [0, 0.1) is 5.92 Å². The van der Waals surface area contributed by atoms with Gasteiger partial charge in [-0.25, -0.2) is 0 Å². The summed E-state index contributed by atoms with van der Waals surface area (Å²) in [7, 11) is 2.13. The number of nitrogens with two attached hydrogens (primary N) is 1. The van der Waals surface area contributed by atoms with E-state index < -0.39 is 0 Å². The molecule has 0 bridgehead atoms. The number of hydrogen-bond acceptors (Lipinski definition) is 3. The Kier molecular flexibility index (Phi) is 5.23. The molecule has 0 aliphatic heterocycles. The lowest BCUT2D eigenvalue weighted by Gasteiger charge is -2.23. The molecule has 19 heavy (non-hydrogen) atoms. The molecule has 0 amide bonds. The maximum absolute atomic E-state index is 5.91. The molecule has 2 N–H and O–H groups in total. The van der Waals surface area contributed by atoms with Crippen molar-refractivity contribution in [3.8, 4) is 0 Å². The maximum Gasteiger partial charge on any atom is 0.0641 e. The highest BCUT2D eigenvalue weighted by Gasteiger charge is 2.21. The first-order valence-corrected chi connectivity index (χ1v) is 7.29. The van der Waals surface area contributed by atoms with Gasteiger partial charge in [0, 0.05) is 31.9 Å². The molecule has 0 radical (unpaired) electrons. The number of likely N-dealkylation sites (N-methyl/N-ethyl adjacent to an activating group) is 1. The van der Waals surface area contributed by atoms with E-state index in [4.69, 9.17) is 10.5 Å². The van der Waals surface area contributed by atoms with E-state index in [1.807, 2.05) is 0 Å². The van der Waals surface area contributed by atoms with E-state index in [0.717, 1.165) is 32.1 Å². The number of rotatable bonds is 8. The lowest BCUT2D eigenvalue weighted by atomic mass is 10.0. The van der Waals surface area contributed by atoms with Gasteiger partial charge in [0.15, 0.2) is 0 Å². The third kappa shape index (κ3) is 4.84. The van der Waals surface area contributed by atoms with Crippen LogP contribution in [0.15, 0.2) is 24.3 Å². The first-order chi connectivity index (χ1) is 9.16. The molecule has 1 atom stereocenters. The lowest BCUT2D eigenvalue weighted by Crippen LogP contribution is -2.25. The summed E-state index contributed by atoms with van der Waals surface area (Å²) in [5.74, 6) is 0.843. The Labute approximate surface area is 116 Å². The van der Waals surface area contributed by atoms with Crippen LogP contribution in [0.5, 0.6) is 0 Å². The molecule has 1 unspecified atom stereocenters. The molecule has 0 aromatic heterocycles. The zero-order valence-corrected chi connectivity index (χ0v) is 12.1. The summed E-state index contributed by atoms with van der Waals surface area (Å²) >= 11 is 0. The molecular weight excluding hydrogens is 236 g/mol. The normalized spacial score (nSPS) is 16.4. The van der Waals surface area contributed by atoms with E-state index in [-0.39, 0.29) is 6.04 Å². The van der Waals surface area contributed by atoms with E-state index in [2.05, 4.69) is 43.1 Å². The fourth-order valence-corrected chi connectivity index (χ4v) is 2.26. The highest BCUT2D eigenvalue weighted by Crippen LogP contribution is 2.28. The van der Waals surface area contributed by atoms with E-state index in [9.17, 15) is 0 Å². The number of ether oxygens (including phenoxy) is 1. The molecular formula is C16H26N2O. The van der Waals surface area contributed by atoms with Crippen LogP contribution in [0.25, 0.3) is 0 Å². The van der Waals surface area contributed by atoms with Gasteiger partial charge in [0.05, 0.1) is 6.61 Å². The van der Waals surface area contributed by atoms with Gasteiger partial charge in [-0.15, -0.1) is 0 Å². The Morgan fingerprint density at radius 1 is 1.37 bits per heavy atom. The van der Waals surface area contributed by atoms with Crippen LogP contribution in [0.4, 0.5) is 5.69 Å². The molecule has 3 nitrogen and oxygen atoms in total. The summed E-state index contributed by atoms with van der Waals surface area (Å²) in [4.78, 5) is 2.27. The van der Waals surface area contributed by atoms with Gasteiger partial charge in [-0.05, 0) is 43.7 Å². The number of anilines is 1. The van der Waals surface area contributed by atoms with Gasteiger partial charge >= 0.3 is 0 Å². The van der Waals surface area contributed by atoms with Crippen molar-refractivity contribution in [2.75, 3.05) is 31.7 Å². The smallest absolute Gasteiger partial charge is 0.0641 e. The molecule has 1 aromatic rings. The molecule has 1 aliphatic rings. The van der Waals surface area contributed by atoms with E-state index in [0.29, 0.717) is 0 Å². The minimum Gasteiger partial charge on any atom is -0.379 e. The van der Waals surface area contributed by atoms with Crippen LogP contribution >= 0.6 is 0 Å². The summed E-state index contributed by atoms with van der Waals surface area (Å²) in [6.07, 6.45) is 3.63. The molecule has 0 spiro atoms. The molecule has 1 fully saturated rings. The second-order valence-electron chi connectivity index (χ2n) is 5.75. The molecule has 1 saturated carbocycles. The molecule has 2 rings (SSSR count). The largest absolute Gasteiger partial charge is 0.379 e. The van der Waals surface area contributed by atoms with Crippen molar-refractivity contribution in [1.29, 1.82) is 0 Å². The van der Waals surface area contributed by atoms with Gasteiger partial charge < -0.3 is 15.4 Å². The molecule has 0 saturated heterocycles. The predicted octanol–water partition coefficient (Wildman–Crippen LogP) is 2.44. The predicted molar refractivity (Wildman–Crippen MR) is 80.6 cm³/mol. The zero-order valence-electron chi connectivity index (χ0n) is 12.1. The minimum atomic E-state index is 0.195. The zero-order chi connectivity index (χ0) is 13.7. The molecule has 1 aromatic carbocycles. The van der Waals surface area contributed by atoms with Crippen molar-refractivity contribution in [2.24, 2.45) is 11.7 Å². The van der Waals surface area contributed by atoms with Crippen LogP contribution in [0.3, 0.4) is 0 Å². The Balaban J connectivity index is 1.83. The van der Waals surface area contributed by atoms with Gasteiger partial charge in [0.2, 0.25) is 0 Å². The first-order valence-electron chi connectivity index (χ1n) is 7.29. The molecule has 0 heterocycles. The summed E-state index contributed by atoms with van der Waals surface area (Å²) < 4.78 is 5.70. The van der Waals surface area contributed by atoms with Crippen LogP contribution in [-0.4, -0.2) is 32.8 Å². The topological polar surface area (TPSA) is 38.5 Å². The van der Waals surface area contributed by atoms with Gasteiger partial charge in [0.25, 0.3) is 0 Å². The Morgan fingerprint density at radius 2 is 2.11 bits per heavy atom. The summed E-state index contributed by atoms with van der Waals surface area (Å²) in [6.45, 7) is 4.73. The van der Waals surface area contributed by atoms with E-state index in [1.54, 1.807) is 0 Å².